The number of imidazole rings is 1. The van der Waals surface area contributed by atoms with Crippen molar-refractivity contribution < 1.29 is 14.7 Å². The van der Waals surface area contributed by atoms with Crippen LogP contribution >= 0.6 is 0 Å². The van der Waals surface area contributed by atoms with E-state index < -0.39 is 18.0 Å². The van der Waals surface area contributed by atoms with Crippen LogP contribution in [-0.2, 0) is 11.2 Å². The Morgan fingerprint density at radius 2 is 2.14 bits per heavy atom. The number of nitrogens with one attached hydrogen (secondary N) is 3. The highest BCUT2D eigenvalue weighted by molar-refractivity contribution is 5.82. The standard InChI is InChI=1S/C14H24N4O3/c1-3-4-5-6-10(2)17-14(21)18-12(13(19)20)7-11-8-15-9-16-11/h8-10,12H,3-7H2,1-2H3,(H,15,16)(H,19,20)(H2,17,18,21)/t10?,12-/m0/s1. The van der Waals surface area contributed by atoms with E-state index in [1.807, 2.05) is 6.92 Å². The van der Waals surface area contributed by atoms with E-state index in [-0.39, 0.29) is 12.5 Å². The van der Waals surface area contributed by atoms with Crippen LogP contribution in [0.5, 0.6) is 0 Å². The summed E-state index contributed by atoms with van der Waals surface area (Å²) in [6.45, 7) is 4.04. The molecule has 7 nitrogen and oxygen atoms in total. The molecule has 2 amide bonds. The molecule has 118 valence electrons. The van der Waals surface area contributed by atoms with Crippen molar-refractivity contribution >= 4 is 12.0 Å². The zero-order valence-electron chi connectivity index (χ0n) is 12.6. The van der Waals surface area contributed by atoms with Gasteiger partial charge in [-0.2, -0.15) is 0 Å². The van der Waals surface area contributed by atoms with Gasteiger partial charge in [-0.25, -0.2) is 14.6 Å². The number of aliphatic carboxylic acids is 1. The topological polar surface area (TPSA) is 107 Å². The summed E-state index contributed by atoms with van der Waals surface area (Å²) in [4.78, 5) is 29.7. The Balaban J connectivity index is 2.40. The van der Waals surface area contributed by atoms with E-state index in [9.17, 15) is 9.59 Å². The van der Waals surface area contributed by atoms with Gasteiger partial charge in [0.2, 0.25) is 0 Å². The molecule has 0 spiro atoms. The van der Waals surface area contributed by atoms with Gasteiger partial charge < -0.3 is 20.7 Å². The summed E-state index contributed by atoms with van der Waals surface area (Å²) < 4.78 is 0. The molecule has 0 aliphatic rings. The predicted molar refractivity (Wildman–Crippen MR) is 79.0 cm³/mol. The number of H-pyrrole nitrogens is 1. The zero-order valence-corrected chi connectivity index (χ0v) is 12.6. The molecule has 0 bridgehead atoms. The van der Waals surface area contributed by atoms with Gasteiger partial charge in [0.15, 0.2) is 0 Å². The lowest BCUT2D eigenvalue weighted by atomic mass is 10.1. The van der Waals surface area contributed by atoms with Gasteiger partial charge in [-0.15, -0.1) is 0 Å². The van der Waals surface area contributed by atoms with Crippen molar-refractivity contribution in [2.24, 2.45) is 0 Å². The minimum absolute atomic E-state index is 0.0261. The number of carbonyl (C=O) groups excluding carboxylic acids is 1. The molecule has 0 saturated carbocycles. The summed E-state index contributed by atoms with van der Waals surface area (Å²) in [6, 6.07) is -1.41. The van der Waals surface area contributed by atoms with Gasteiger partial charge in [0, 0.05) is 24.4 Å². The molecule has 0 radical (unpaired) electrons. The highest BCUT2D eigenvalue weighted by Gasteiger charge is 2.21. The van der Waals surface area contributed by atoms with Crippen molar-refractivity contribution in [1.29, 1.82) is 0 Å². The summed E-state index contributed by atoms with van der Waals surface area (Å²) in [5, 5.41) is 14.4. The van der Waals surface area contributed by atoms with Crippen molar-refractivity contribution in [3.05, 3.63) is 18.2 Å². The normalized spacial score (nSPS) is 13.4. The maximum Gasteiger partial charge on any atom is 0.326 e. The second-order valence-electron chi connectivity index (χ2n) is 5.19. The van der Waals surface area contributed by atoms with Crippen LogP contribution in [0.4, 0.5) is 4.79 Å². The number of aromatic nitrogens is 2. The molecule has 1 rings (SSSR count). The summed E-state index contributed by atoms with van der Waals surface area (Å²) >= 11 is 0. The highest BCUT2D eigenvalue weighted by Crippen LogP contribution is 2.03. The zero-order chi connectivity index (χ0) is 15.7. The smallest absolute Gasteiger partial charge is 0.326 e. The molecular weight excluding hydrogens is 272 g/mol. The summed E-state index contributed by atoms with van der Waals surface area (Å²) in [5.74, 6) is -1.07. The molecule has 0 fully saturated rings. The number of hydrogen-bond donors (Lipinski definition) is 4. The van der Waals surface area contributed by atoms with Crippen LogP contribution in [0.25, 0.3) is 0 Å². The van der Waals surface area contributed by atoms with Gasteiger partial charge in [-0.3, -0.25) is 0 Å². The molecule has 0 aliphatic heterocycles. The Kier molecular flexibility index (Phi) is 7.28. The lowest BCUT2D eigenvalue weighted by molar-refractivity contribution is -0.139. The minimum Gasteiger partial charge on any atom is -0.480 e. The average Bonchev–Trinajstić information content (AvgIpc) is 2.91. The van der Waals surface area contributed by atoms with E-state index in [4.69, 9.17) is 5.11 Å². The van der Waals surface area contributed by atoms with E-state index >= 15 is 0 Å². The summed E-state index contributed by atoms with van der Waals surface area (Å²) in [5.41, 5.74) is 0.665. The van der Waals surface area contributed by atoms with Crippen LogP contribution in [0, 0.1) is 0 Å². The molecular formula is C14H24N4O3. The number of carboxylic acid groups (broad SMARTS) is 1. The molecule has 1 heterocycles. The number of rotatable bonds is 9. The second-order valence-corrected chi connectivity index (χ2v) is 5.19. The molecule has 21 heavy (non-hydrogen) atoms. The molecule has 0 saturated heterocycles. The lowest BCUT2D eigenvalue weighted by Crippen LogP contribution is -2.49. The van der Waals surface area contributed by atoms with E-state index in [1.165, 1.54) is 6.33 Å². The van der Waals surface area contributed by atoms with Gasteiger partial charge in [-0.1, -0.05) is 26.2 Å². The fourth-order valence-electron chi connectivity index (χ4n) is 2.01. The Labute approximate surface area is 124 Å². The van der Waals surface area contributed by atoms with Gasteiger partial charge >= 0.3 is 12.0 Å². The maximum absolute atomic E-state index is 11.8. The third kappa shape index (κ3) is 6.78. The first-order valence-corrected chi connectivity index (χ1v) is 7.30. The number of nitrogens with zero attached hydrogens (tertiary/aromatic N) is 1. The Morgan fingerprint density at radius 1 is 1.38 bits per heavy atom. The first-order valence-electron chi connectivity index (χ1n) is 7.30. The van der Waals surface area contributed by atoms with Gasteiger partial charge in [0.1, 0.15) is 6.04 Å². The second kappa shape index (κ2) is 8.99. The molecule has 7 heteroatoms. The fourth-order valence-corrected chi connectivity index (χ4v) is 2.01. The third-order valence-electron chi connectivity index (χ3n) is 3.20. The molecule has 2 atom stereocenters. The number of urea groups is 1. The number of carbonyl (C=O) groups is 2. The molecule has 0 aliphatic carbocycles. The highest BCUT2D eigenvalue weighted by atomic mass is 16.4. The Hall–Kier alpha value is -2.05. The maximum atomic E-state index is 11.8. The van der Waals surface area contributed by atoms with Crippen molar-refractivity contribution in [2.45, 2.75) is 58.0 Å². The number of aromatic amines is 1. The van der Waals surface area contributed by atoms with Gasteiger partial charge in [0.05, 0.1) is 6.33 Å². The van der Waals surface area contributed by atoms with Crippen LogP contribution in [0.15, 0.2) is 12.5 Å². The monoisotopic (exact) mass is 296 g/mol. The average molecular weight is 296 g/mol. The summed E-state index contributed by atoms with van der Waals surface area (Å²) in [6.07, 6.45) is 7.39. The van der Waals surface area contributed by atoms with E-state index in [0.29, 0.717) is 5.69 Å². The van der Waals surface area contributed by atoms with Crippen LogP contribution in [0.3, 0.4) is 0 Å². The van der Waals surface area contributed by atoms with Gasteiger partial charge in [0.25, 0.3) is 0 Å². The predicted octanol–water partition coefficient (Wildman–Crippen LogP) is 1.67. The molecule has 0 aromatic carbocycles. The van der Waals surface area contributed by atoms with Crippen LogP contribution in [0.1, 0.15) is 45.2 Å². The minimum atomic E-state index is -1.07. The van der Waals surface area contributed by atoms with Crippen molar-refractivity contribution in [2.75, 3.05) is 0 Å². The largest absolute Gasteiger partial charge is 0.480 e. The first kappa shape index (κ1) is 17.0. The molecule has 1 aromatic heterocycles. The van der Waals surface area contributed by atoms with Crippen molar-refractivity contribution in [3.8, 4) is 0 Å². The number of amides is 2. The van der Waals surface area contributed by atoms with Crippen LogP contribution < -0.4 is 10.6 Å². The van der Waals surface area contributed by atoms with E-state index in [2.05, 4.69) is 27.5 Å². The Bertz CT molecular complexity index is 433. The Morgan fingerprint density at radius 3 is 2.71 bits per heavy atom. The number of hydrogen-bond acceptors (Lipinski definition) is 3. The third-order valence-corrected chi connectivity index (χ3v) is 3.20. The lowest BCUT2D eigenvalue weighted by Gasteiger charge is -2.18. The van der Waals surface area contributed by atoms with Crippen LogP contribution in [0.2, 0.25) is 0 Å². The van der Waals surface area contributed by atoms with E-state index in [1.54, 1.807) is 6.20 Å². The molecule has 1 aromatic rings. The van der Waals surface area contributed by atoms with Crippen molar-refractivity contribution in [3.63, 3.8) is 0 Å². The van der Waals surface area contributed by atoms with E-state index in [0.717, 1.165) is 25.7 Å². The molecule has 1 unspecified atom stereocenters. The number of carboxylic acids is 1. The summed E-state index contributed by atoms with van der Waals surface area (Å²) in [7, 11) is 0. The number of unbranched alkanes of at least 4 members (excludes halogenated alkanes) is 2. The molecule has 4 N–H and O–H groups in total. The van der Waals surface area contributed by atoms with Crippen LogP contribution in [-0.4, -0.2) is 39.2 Å². The van der Waals surface area contributed by atoms with Gasteiger partial charge in [-0.05, 0) is 13.3 Å². The fraction of sp³-hybridized carbons (Fsp3) is 0.643. The first-order chi connectivity index (χ1) is 10.0. The quantitative estimate of drug-likeness (QED) is 0.520. The van der Waals surface area contributed by atoms with Crippen molar-refractivity contribution in [1.82, 2.24) is 20.6 Å². The SMILES string of the molecule is CCCCCC(C)NC(=O)N[C@@H](Cc1cnc[nH]1)C(=O)O.